The Kier molecular flexibility index (Phi) is 15.4. The molecular weight excluding hydrogens is 295 g/mol. The molecule has 6 N–H and O–H groups in total. The van der Waals surface area contributed by atoms with Gasteiger partial charge in [-0.2, -0.15) is 0 Å². The van der Waals surface area contributed by atoms with Gasteiger partial charge >= 0.3 is 75.3 Å². The number of rotatable bonds is 6. The third kappa shape index (κ3) is 17.4. The summed E-state index contributed by atoms with van der Waals surface area (Å²) < 4.78 is 0. The average Bonchev–Trinajstić information content (AvgIpc) is 2.16. The summed E-state index contributed by atoms with van der Waals surface area (Å²) >= 11 is 0. The molecule has 0 saturated carbocycles. The Labute approximate surface area is 149 Å². The summed E-state index contributed by atoms with van der Waals surface area (Å²) in [6, 6.07) is 0. The van der Waals surface area contributed by atoms with Crippen molar-refractivity contribution in [2.24, 2.45) is 0 Å². The van der Waals surface area contributed by atoms with Gasteiger partial charge in [0.25, 0.3) is 0 Å². The molecule has 0 bridgehead atoms. The third-order valence-corrected chi connectivity index (χ3v) is 1.31. The number of carbonyl (C=O) groups is 4. The fourth-order valence-corrected chi connectivity index (χ4v) is 0.505. The molecule has 10 nitrogen and oxygen atoms in total. The van der Waals surface area contributed by atoms with E-state index in [0.717, 1.165) is 0 Å². The van der Waals surface area contributed by atoms with Gasteiger partial charge in [0.05, 0.1) is 12.8 Å². The SMILES string of the molecule is O=C(O)CC(O)C(=O)O.O=C(O)CC(O)C(=O)O.[KH]. The molecular formula is C8H13KO10. The minimum atomic E-state index is -1.79. The van der Waals surface area contributed by atoms with E-state index in [2.05, 4.69) is 0 Å². The van der Waals surface area contributed by atoms with Gasteiger partial charge < -0.3 is 30.6 Å². The Bertz CT molecular complexity index is 295. The van der Waals surface area contributed by atoms with E-state index in [4.69, 9.17) is 30.6 Å². The van der Waals surface area contributed by atoms with Gasteiger partial charge in [-0.15, -0.1) is 0 Å². The van der Waals surface area contributed by atoms with Crippen LogP contribution in [0.4, 0.5) is 0 Å². The fourth-order valence-electron chi connectivity index (χ4n) is 0.505. The molecule has 0 aliphatic rings. The number of hydrogen-bond donors (Lipinski definition) is 6. The maximum atomic E-state index is 9.72. The average molecular weight is 308 g/mol. The summed E-state index contributed by atoms with van der Waals surface area (Å²) in [6.45, 7) is 0. The van der Waals surface area contributed by atoms with Crippen molar-refractivity contribution in [2.75, 3.05) is 0 Å². The van der Waals surface area contributed by atoms with Crippen LogP contribution in [0.3, 0.4) is 0 Å². The molecule has 0 aliphatic heterocycles. The molecule has 2 atom stereocenters. The maximum absolute atomic E-state index is 9.72. The Morgan fingerprint density at radius 1 is 0.684 bits per heavy atom. The zero-order chi connectivity index (χ0) is 14.9. The topological polar surface area (TPSA) is 190 Å². The normalized spacial score (nSPS) is 11.9. The molecule has 0 saturated heterocycles. The first kappa shape index (κ1) is 23.5. The molecule has 11 heteroatoms. The molecule has 0 rings (SSSR count). The summed E-state index contributed by atoms with van der Waals surface area (Å²) in [5, 5.41) is 48.3. The van der Waals surface area contributed by atoms with Crippen molar-refractivity contribution in [3.05, 3.63) is 0 Å². The minimum absolute atomic E-state index is 0. The molecule has 106 valence electrons. The fraction of sp³-hybridized carbons (Fsp3) is 0.500. The second-order valence-electron chi connectivity index (χ2n) is 2.90. The van der Waals surface area contributed by atoms with E-state index >= 15 is 0 Å². The predicted octanol–water partition coefficient (Wildman–Crippen LogP) is -2.84. The zero-order valence-corrected chi connectivity index (χ0v) is 8.89. The molecule has 0 radical (unpaired) electrons. The van der Waals surface area contributed by atoms with Crippen molar-refractivity contribution in [1.29, 1.82) is 0 Å². The van der Waals surface area contributed by atoms with Crippen molar-refractivity contribution < 1.29 is 49.8 Å². The number of aliphatic hydroxyl groups excluding tert-OH is 2. The van der Waals surface area contributed by atoms with Gasteiger partial charge in [-0.05, 0) is 0 Å². The number of hydrogen-bond acceptors (Lipinski definition) is 6. The number of aliphatic carboxylic acids is 4. The predicted molar refractivity (Wildman–Crippen MR) is 58.9 cm³/mol. The van der Waals surface area contributed by atoms with E-state index in [1.807, 2.05) is 0 Å². The van der Waals surface area contributed by atoms with E-state index < -0.39 is 48.9 Å². The van der Waals surface area contributed by atoms with E-state index in [1.165, 1.54) is 0 Å². The number of carboxylic acid groups (broad SMARTS) is 4. The van der Waals surface area contributed by atoms with Crippen molar-refractivity contribution in [1.82, 2.24) is 0 Å². The molecule has 0 aliphatic carbocycles. The van der Waals surface area contributed by atoms with Crippen molar-refractivity contribution in [2.45, 2.75) is 25.0 Å². The van der Waals surface area contributed by atoms with Crippen LogP contribution in [-0.2, 0) is 19.2 Å². The molecule has 0 aromatic carbocycles. The van der Waals surface area contributed by atoms with Gasteiger partial charge in [0.1, 0.15) is 0 Å². The van der Waals surface area contributed by atoms with Gasteiger partial charge in [0.15, 0.2) is 12.2 Å². The molecule has 0 spiro atoms. The van der Waals surface area contributed by atoms with E-state index in [1.54, 1.807) is 0 Å². The summed E-state index contributed by atoms with van der Waals surface area (Å²) in [6.07, 6.45) is -5.09. The second kappa shape index (κ2) is 12.5. The Balaban J connectivity index is -0.000000256. The van der Waals surface area contributed by atoms with Crippen LogP contribution in [-0.4, -0.2) is 118 Å². The van der Waals surface area contributed by atoms with Gasteiger partial charge in [0, 0.05) is 0 Å². The molecule has 0 aromatic heterocycles. The Morgan fingerprint density at radius 3 is 0.947 bits per heavy atom. The van der Waals surface area contributed by atoms with Crippen LogP contribution in [0.25, 0.3) is 0 Å². The summed E-state index contributed by atoms with van der Waals surface area (Å²) in [5.41, 5.74) is 0. The van der Waals surface area contributed by atoms with E-state index in [9.17, 15) is 19.2 Å². The van der Waals surface area contributed by atoms with Crippen LogP contribution in [0, 0.1) is 0 Å². The van der Waals surface area contributed by atoms with Crippen molar-refractivity contribution in [3.8, 4) is 0 Å². The summed E-state index contributed by atoms with van der Waals surface area (Å²) in [4.78, 5) is 38.8. The van der Waals surface area contributed by atoms with Crippen LogP contribution in [0.5, 0.6) is 0 Å². The standard InChI is InChI=1S/2C4H6O5.K.H/c2*5-2(4(8)9)1-3(6)7;;/h2*2,5H,1H2,(H,6,7)(H,8,9);;. The summed E-state index contributed by atoms with van der Waals surface area (Å²) in [5.74, 6) is -5.69. The molecule has 0 fully saturated rings. The van der Waals surface area contributed by atoms with Gasteiger partial charge in [0.2, 0.25) is 0 Å². The van der Waals surface area contributed by atoms with Gasteiger partial charge in [-0.25, -0.2) is 9.59 Å². The van der Waals surface area contributed by atoms with E-state index in [-0.39, 0.29) is 51.4 Å². The molecule has 2 unspecified atom stereocenters. The second-order valence-corrected chi connectivity index (χ2v) is 2.90. The summed E-state index contributed by atoms with van der Waals surface area (Å²) in [7, 11) is 0. The zero-order valence-electron chi connectivity index (χ0n) is 8.89. The first-order valence-electron chi connectivity index (χ1n) is 4.33. The van der Waals surface area contributed by atoms with Crippen LogP contribution in [0.15, 0.2) is 0 Å². The van der Waals surface area contributed by atoms with Gasteiger partial charge in [-0.3, -0.25) is 9.59 Å². The first-order valence-corrected chi connectivity index (χ1v) is 4.33. The molecule has 0 amide bonds. The molecule has 19 heavy (non-hydrogen) atoms. The van der Waals surface area contributed by atoms with Crippen LogP contribution in [0.1, 0.15) is 12.8 Å². The Hall–Kier alpha value is -0.564. The van der Waals surface area contributed by atoms with E-state index in [0.29, 0.717) is 0 Å². The Morgan fingerprint density at radius 2 is 0.895 bits per heavy atom. The molecule has 0 heterocycles. The van der Waals surface area contributed by atoms with Gasteiger partial charge in [-0.1, -0.05) is 0 Å². The van der Waals surface area contributed by atoms with Crippen LogP contribution in [0.2, 0.25) is 0 Å². The molecule has 0 aromatic rings. The quantitative estimate of drug-likeness (QED) is 0.279. The van der Waals surface area contributed by atoms with Crippen molar-refractivity contribution in [3.63, 3.8) is 0 Å². The first-order chi connectivity index (χ1) is 8.07. The van der Waals surface area contributed by atoms with Crippen LogP contribution < -0.4 is 0 Å². The number of carboxylic acids is 4. The monoisotopic (exact) mass is 308 g/mol. The third-order valence-electron chi connectivity index (χ3n) is 1.31. The van der Waals surface area contributed by atoms with Crippen LogP contribution >= 0.6 is 0 Å². The number of aliphatic hydroxyl groups is 2. The van der Waals surface area contributed by atoms with Crippen molar-refractivity contribution >= 4 is 75.3 Å².